The van der Waals surface area contributed by atoms with E-state index in [1.54, 1.807) is 6.20 Å². The first kappa shape index (κ1) is 14.7. The molecule has 0 aliphatic carbocycles. The van der Waals surface area contributed by atoms with Crippen LogP contribution in [0.1, 0.15) is 28.9 Å². The summed E-state index contributed by atoms with van der Waals surface area (Å²) in [5.41, 5.74) is 0.958. The van der Waals surface area contributed by atoms with Gasteiger partial charge in [-0.25, -0.2) is 9.78 Å². The molecule has 0 bridgehead atoms. The Morgan fingerprint density at radius 3 is 2.73 bits per heavy atom. The number of carbonyl (C=O) groups excluding carboxylic acids is 1. The smallest absolute Gasteiger partial charge is 0.326 e. The first-order valence-electron chi connectivity index (χ1n) is 7.22. The molecule has 1 aromatic heterocycles. The Kier molecular flexibility index (Phi) is 4.20. The topological polar surface area (TPSA) is 70.5 Å². The van der Waals surface area contributed by atoms with Gasteiger partial charge >= 0.3 is 5.97 Å². The number of rotatable bonds is 3. The number of aliphatic carboxylic acids is 1. The summed E-state index contributed by atoms with van der Waals surface area (Å²) in [5, 5.41) is 10.1. The maximum absolute atomic E-state index is 12.6. The van der Waals surface area contributed by atoms with E-state index < -0.39 is 12.0 Å². The molecule has 114 valence electrons. The molecule has 5 nitrogen and oxygen atoms in total. The van der Waals surface area contributed by atoms with Gasteiger partial charge in [-0.15, -0.1) is 11.3 Å². The van der Waals surface area contributed by atoms with E-state index in [0.29, 0.717) is 17.8 Å². The van der Waals surface area contributed by atoms with Gasteiger partial charge in [0.25, 0.3) is 5.91 Å². The second-order valence-corrected chi connectivity index (χ2v) is 6.27. The van der Waals surface area contributed by atoms with E-state index in [0.717, 1.165) is 23.4 Å². The molecule has 1 aliphatic rings. The van der Waals surface area contributed by atoms with Crippen LogP contribution in [0.15, 0.2) is 36.5 Å². The zero-order valence-corrected chi connectivity index (χ0v) is 12.8. The monoisotopic (exact) mass is 316 g/mol. The maximum Gasteiger partial charge on any atom is 0.326 e. The molecule has 1 saturated heterocycles. The lowest BCUT2D eigenvalue weighted by molar-refractivity contribution is -0.143. The third-order valence-corrected chi connectivity index (χ3v) is 4.82. The summed E-state index contributed by atoms with van der Waals surface area (Å²) >= 11 is 1.31. The number of likely N-dealkylation sites (tertiary alicyclic amines) is 1. The summed E-state index contributed by atoms with van der Waals surface area (Å²) in [7, 11) is 0. The fourth-order valence-electron chi connectivity index (χ4n) is 2.66. The Hall–Kier alpha value is -2.21. The molecule has 6 heteroatoms. The first-order valence-corrected chi connectivity index (χ1v) is 8.03. The van der Waals surface area contributed by atoms with E-state index >= 15 is 0 Å². The molecule has 1 N–H and O–H groups in total. The van der Waals surface area contributed by atoms with Crippen LogP contribution in [0.5, 0.6) is 0 Å². The van der Waals surface area contributed by atoms with Crippen molar-refractivity contribution in [1.82, 2.24) is 9.88 Å². The number of carbonyl (C=O) groups is 2. The van der Waals surface area contributed by atoms with Gasteiger partial charge in [-0.3, -0.25) is 4.79 Å². The number of amides is 1. The first-order chi connectivity index (χ1) is 10.7. The van der Waals surface area contributed by atoms with Crippen LogP contribution in [0.25, 0.3) is 10.6 Å². The van der Waals surface area contributed by atoms with Gasteiger partial charge < -0.3 is 10.0 Å². The van der Waals surface area contributed by atoms with Crippen LogP contribution >= 0.6 is 11.3 Å². The van der Waals surface area contributed by atoms with E-state index in [4.69, 9.17) is 0 Å². The van der Waals surface area contributed by atoms with Gasteiger partial charge in [0.15, 0.2) is 0 Å². The van der Waals surface area contributed by atoms with Crippen LogP contribution in [-0.4, -0.2) is 39.5 Å². The summed E-state index contributed by atoms with van der Waals surface area (Å²) in [6.45, 7) is 0.494. The lowest BCUT2D eigenvalue weighted by Crippen LogP contribution is -2.47. The molecule has 1 atom stereocenters. The largest absolute Gasteiger partial charge is 0.480 e. The number of hydrogen-bond acceptors (Lipinski definition) is 4. The van der Waals surface area contributed by atoms with Crippen molar-refractivity contribution in [2.75, 3.05) is 6.54 Å². The molecule has 2 heterocycles. The predicted molar refractivity (Wildman–Crippen MR) is 83.9 cm³/mol. The molecular formula is C16H16N2O3S. The number of piperidine rings is 1. The minimum absolute atomic E-state index is 0.230. The molecule has 3 rings (SSSR count). The van der Waals surface area contributed by atoms with Crippen LogP contribution in [0.4, 0.5) is 0 Å². The molecule has 2 aromatic rings. The standard InChI is InChI=1S/C16H16N2O3S/c19-15(18-9-5-4-8-12(18)16(20)21)13-10-17-14(22-13)11-6-2-1-3-7-11/h1-3,6-7,10,12H,4-5,8-9H2,(H,20,21)/t12-/m1/s1. The highest BCUT2D eigenvalue weighted by Crippen LogP contribution is 2.27. The second kappa shape index (κ2) is 6.27. The number of carboxylic acid groups (broad SMARTS) is 1. The van der Waals surface area contributed by atoms with Crippen molar-refractivity contribution in [3.63, 3.8) is 0 Å². The van der Waals surface area contributed by atoms with Crippen LogP contribution in [0, 0.1) is 0 Å². The number of hydrogen-bond donors (Lipinski definition) is 1. The highest BCUT2D eigenvalue weighted by Gasteiger charge is 2.33. The quantitative estimate of drug-likeness (QED) is 0.945. The van der Waals surface area contributed by atoms with Gasteiger partial charge in [0.1, 0.15) is 15.9 Å². The molecule has 1 fully saturated rings. The molecule has 1 aromatic carbocycles. The normalized spacial score (nSPS) is 18.2. The molecule has 0 unspecified atom stereocenters. The Labute approximate surface area is 132 Å². The molecule has 0 radical (unpaired) electrons. The van der Waals surface area contributed by atoms with E-state index in [1.165, 1.54) is 16.2 Å². The number of aromatic nitrogens is 1. The van der Waals surface area contributed by atoms with Gasteiger partial charge in [0, 0.05) is 12.1 Å². The van der Waals surface area contributed by atoms with Gasteiger partial charge in [-0.1, -0.05) is 30.3 Å². The number of benzene rings is 1. The predicted octanol–water partition coefficient (Wildman–Crippen LogP) is 2.89. The highest BCUT2D eigenvalue weighted by atomic mass is 32.1. The summed E-state index contributed by atoms with van der Waals surface area (Å²) in [6, 6.07) is 8.92. The summed E-state index contributed by atoms with van der Waals surface area (Å²) in [5.74, 6) is -1.16. The molecular weight excluding hydrogens is 300 g/mol. The molecule has 0 spiro atoms. The molecule has 0 saturated carbocycles. The number of thiazole rings is 1. The van der Waals surface area contributed by atoms with Crippen molar-refractivity contribution in [3.8, 4) is 10.6 Å². The molecule has 1 amide bonds. The van der Waals surface area contributed by atoms with Crippen molar-refractivity contribution in [1.29, 1.82) is 0 Å². The summed E-state index contributed by atoms with van der Waals surface area (Å²) in [4.78, 5) is 30.2. The Bertz CT molecular complexity index is 684. The Morgan fingerprint density at radius 2 is 2.00 bits per heavy atom. The summed E-state index contributed by atoms with van der Waals surface area (Å²) < 4.78 is 0. The number of nitrogens with zero attached hydrogens (tertiary/aromatic N) is 2. The summed E-state index contributed by atoms with van der Waals surface area (Å²) in [6.07, 6.45) is 3.76. The average Bonchev–Trinajstić information content (AvgIpc) is 3.05. The van der Waals surface area contributed by atoms with Crippen molar-refractivity contribution in [2.24, 2.45) is 0 Å². The Balaban J connectivity index is 1.83. The van der Waals surface area contributed by atoms with E-state index in [9.17, 15) is 14.7 Å². The third kappa shape index (κ3) is 2.87. The van der Waals surface area contributed by atoms with Crippen LogP contribution in [0.3, 0.4) is 0 Å². The van der Waals surface area contributed by atoms with Gasteiger partial charge in [0.05, 0.1) is 6.20 Å². The van der Waals surface area contributed by atoms with Crippen molar-refractivity contribution >= 4 is 23.2 Å². The van der Waals surface area contributed by atoms with Crippen LogP contribution < -0.4 is 0 Å². The maximum atomic E-state index is 12.6. The van der Waals surface area contributed by atoms with Crippen molar-refractivity contribution in [3.05, 3.63) is 41.4 Å². The minimum Gasteiger partial charge on any atom is -0.480 e. The van der Waals surface area contributed by atoms with Gasteiger partial charge in [0.2, 0.25) is 0 Å². The SMILES string of the molecule is O=C(O)[C@H]1CCCCN1C(=O)c1cnc(-c2ccccc2)s1. The van der Waals surface area contributed by atoms with E-state index in [2.05, 4.69) is 4.98 Å². The fourth-order valence-corrected chi connectivity index (χ4v) is 3.54. The average molecular weight is 316 g/mol. The van der Waals surface area contributed by atoms with Gasteiger partial charge in [-0.05, 0) is 19.3 Å². The zero-order chi connectivity index (χ0) is 15.5. The Morgan fingerprint density at radius 1 is 1.23 bits per heavy atom. The molecule has 22 heavy (non-hydrogen) atoms. The highest BCUT2D eigenvalue weighted by molar-refractivity contribution is 7.16. The molecule has 1 aliphatic heterocycles. The fraction of sp³-hybridized carbons (Fsp3) is 0.312. The third-order valence-electron chi connectivity index (χ3n) is 3.79. The lowest BCUT2D eigenvalue weighted by atomic mass is 10.0. The van der Waals surface area contributed by atoms with Crippen LogP contribution in [-0.2, 0) is 4.79 Å². The zero-order valence-electron chi connectivity index (χ0n) is 11.9. The van der Waals surface area contributed by atoms with E-state index in [1.807, 2.05) is 30.3 Å². The number of carboxylic acids is 1. The minimum atomic E-state index is -0.930. The van der Waals surface area contributed by atoms with Crippen molar-refractivity contribution in [2.45, 2.75) is 25.3 Å². The van der Waals surface area contributed by atoms with Gasteiger partial charge in [-0.2, -0.15) is 0 Å². The van der Waals surface area contributed by atoms with E-state index in [-0.39, 0.29) is 5.91 Å². The van der Waals surface area contributed by atoms with Crippen LogP contribution in [0.2, 0.25) is 0 Å². The van der Waals surface area contributed by atoms with Crippen molar-refractivity contribution < 1.29 is 14.7 Å². The second-order valence-electron chi connectivity index (χ2n) is 5.24. The lowest BCUT2D eigenvalue weighted by Gasteiger charge is -2.32.